The van der Waals surface area contributed by atoms with E-state index >= 15 is 0 Å². The van der Waals surface area contributed by atoms with Crippen molar-refractivity contribution in [3.63, 3.8) is 0 Å². The Morgan fingerprint density at radius 3 is 2.67 bits per heavy atom. The van der Waals surface area contributed by atoms with Crippen molar-refractivity contribution in [2.24, 2.45) is 0 Å². The van der Waals surface area contributed by atoms with E-state index in [1.807, 2.05) is 0 Å². The second kappa shape index (κ2) is 9.76. The quantitative estimate of drug-likeness (QED) is 0.671. The van der Waals surface area contributed by atoms with Crippen LogP contribution in [-0.2, 0) is 0 Å². The van der Waals surface area contributed by atoms with Crippen LogP contribution in [0.1, 0.15) is 46.0 Å². The zero-order chi connectivity index (χ0) is 13.2. The standard InChI is InChI=1S/C15H33N3/c1-4-15-14-17(3)11-9-13-18(15)12-8-6-7-10-16-5-2/h15-16H,4-14H2,1-3H3. The molecule has 1 unspecified atom stereocenters. The molecule has 1 saturated heterocycles. The third-order valence-electron chi connectivity index (χ3n) is 4.04. The van der Waals surface area contributed by atoms with Gasteiger partial charge in [-0.2, -0.15) is 0 Å². The number of hydrogen-bond acceptors (Lipinski definition) is 3. The van der Waals surface area contributed by atoms with Crippen LogP contribution in [0.2, 0.25) is 0 Å². The van der Waals surface area contributed by atoms with Crippen molar-refractivity contribution in [1.29, 1.82) is 0 Å². The molecule has 1 N–H and O–H groups in total. The molecular weight excluding hydrogens is 222 g/mol. The van der Waals surface area contributed by atoms with E-state index in [1.54, 1.807) is 0 Å². The van der Waals surface area contributed by atoms with Crippen LogP contribution in [-0.4, -0.2) is 62.2 Å². The summed E-state index contributed by atoms with van der Waals surface area (Å²) in [5.74, 6) is 0. The molecule has 3 nitrogen and oxygen atoms in total. The van der Waals surface area contributed by atoms with E-state index < -0.39 is 0 Å². The van der Waals surface area contributed by atoms with Gasteiger partial charge in [0.05, 0.1) is 0 Å². The highest BCUT2D eigenvalue weighted by atomic mass is 15.2. The van der Waals surface area contributed by atoms with Crippen LogP contribution in [0.4, 0.5) is 0 Å². The van der Waals surface area contributed by atoms with Gasteiger partial charge in [0.25, 0.3) is 0 Å². The van der Waals surface area contributed by atoms with E-state index in [-0.39, 0.29) is 0 Å². The monoisotopic (exact) mass is 255 g/mol. The fourth-order valence-electron chi connectivity index (χ4n) is 2.89. The Morgan fingerprint density at radius 1 is 1.11 bits per heavy atom. The molecular formula is C15H33N3. The molecule has 1 fully saturated rings. The minimum absolute atomic E-state index is 0.784. The predicted molar refractivity (Wildman–Crippen MR) is 80.2 cm³/mol. The van der Waals surface area contributed by atoms with Gasteiger partial charge in [-0.1, -0.05) is 20.3 Å². The number of rotatable bonds is 8. The molecule has 0 amide bonds. The van der Waals surface area contributed by atoms with Crippen molar-refractivity contribution < 1.29 is 0 Å². The average Bonchev–Trinajstić information content (AvgIpc) is 2.55. The Hall–Kier alpha value is -0.120. The van der Waals surface area contributed by atoms with E-state index in [0.717, 1.165) is 12.6 Å². The van der Waals surface area contributed by atoms with Crippen LogP contribution in [0.15, 0.2) is 0 Å². The predicted octanol–water partition coefficient (Wildman–Crippen LogP) is 2.18. The highest BCUT2D eigenvalue weighted by molar-refractivity contribution is 4.77. The van der Waals surface area contributed by atoms with Crippen molar-refractivity contribution in [1.82, 2.24) is 15.1 Å². The first-order valence-corrected chi connectivity index (χ1v) is 7.91. The highest BCUT2D eigenvalue weighted by Crippen LogP contribution is 2.13. The molecule has 3 heteroatoms. The van der Waals surface area contributed by atoms with Crippen LogP contribution in [0.25, 0.3) is 0 Å². The van der Waals surface area contributed by atoms with Gasteiger partial charge in [0.15, 0.2) is 0 Å². The number of hydrogen-bond donors (Lipinski definition) is 1. The SMILES string of the molecule is CCNCCCCCN1CCCN(C)CC1CC. The van der Waals surface area contributed by atoms with E-state index in [0.29, 0.717) is 0 Å². The Kier molecular flexibility index (Phi) is 8.64. The molecule has 1 heterocycles. The van der Waals surface area contributed by atoms with Crippen molar-refractivity contribution in [3.8, 4) is 0 Å². The highest BCUT2D eigenvalue weighted by Gasteiger charge is 2.20. The van der Waals surface area contributed by atoms with Crippen LogP contribution in [0.5, 0.6) is 0 Å². The van der Waals surface area contributed by atoms with Gasteiger partial charge >= 0.3 is 0 Å². The van der Waals surface area contributed by atoms with Crippen molar-refractivity contribution in [2.75, 3.05) is 46.3 Å². The first-order chi connectivity index (χ1) is 8.77. The summed E-state index contributed by atoms with van der Waals surface area (Å²) < 4.78 is 0. The van der Waals surface area contributed by atoms with Crippen LogP contribution in [0.3, 0.4) is 0 Å². The maximum Gasteiger partial charge on any atom is 0.0220 e. The maximum atomic E-state index is 3.40. The molecule has 0 aromatic heterocycles. The van der Waals surface area contributed by atoms with E-state index in [2.05, 4.69) is 36.0 Å². The molecule has 108 valence electrons. The van der Waals surface area contributed by atoms with Crippen LogP contribution < -0.4 is 5.32 Å². The van der Waals surface area contributed by atoms with Gasteiger partial charge in [0, 0.05) is 12.6 Å². The molecule has 1 atom stereocenters. The molecule has 0 saturated carbocycles. The lowest BCUT2D eigenvalue weighted by atomic mass is 10.1. The summed E-state index contributed by atoms with van der Waals surface area (Å²) >= 11 is 0. The van der Waals surface area contributed by atoms with Gasteiger partial charge in [-0.05, 0) is 65.5 Å². The summed E-state index contributed by atoms with van der Waals surface area (Å²) in [6.45, 7) is 11.9. The van der Waals surface area contributed by atoms with Crippen molar-refractivity contribution >= 4 is 0 Å². The average molecular weight is 255 g/mol. The van der Waals surface area contributed by atoms with Crippen LogP contribution >= 0.6 is 0 Å². The summed E-state index contributed by atoms with van der Waals surface area (Å²) in [6, 6.07) is 0.784. The Bertz CT molecular complexity index is 196. The van der Waals surface area contributed by atoms with Gasteiger partial charge in [-0.3, -0.25) is 4.90 Å². The summed E-state index contributed by atoms with van der Waals surface area (Å²) in [5.41, 5.74) is 0. The summed E-state index contributed by atoms with van der Waals surface area (Å²) in [7, 11) is 2.27. The lowest BCUT2D eigenvalue weighted by Gasteiger charge is -2.30. The molecule has 0 spiro atoms. The molecule has 1 aliphatic heterocycles. The summed E-state index contributed by atoms with van der Waals surface area (Å²) in [4.78, 5) is 5.23. The third-order valence-corrected chi connectivity index (χ3v) is 4.04. The topological polar surface area (TPSA) is 18.5 Å². The number of likely N-dealkylation sites (N-methyl/N-ethyl adjacent to an activating group) is 1. The molecule has 18 heavy (non-hydrogen) atoms. The van der Waals surface area contributed by atoms with Crippen LogP contribution in [0, 0.1) is 0 Å². The maximum absolute atomic E-state index is 3.40. The molecule has 0 radical (unpaired) electrons. The lowest BCUT2D eigenvalue weighted by molar-refractivity contribution is 0.180. The largest absolute Gasteiger partial charge is 0.317 e. The molecule has 0 aliphatic carbocycles. The first kappa shape index (κ1) is 15.9. The zero-order valence-corrected chi connectivity index (χ0v) is 12.7. The van der Waals surface area contributed by atoms with Gasteiger partial charge in [-0.15, -0.1) is 0 Å². The normalized spacial score (nSPS) is 23.2. The second-order valence-electron chi connectivity index (χ2n) is 5.63. The van der Waals surface area contributed by atoms with Gasteiger partial charge < -0.3 is 10.2 Å². The molecule has 0 bridgehead atoms. The Balaban J connectivity index is 2.17. The Morgan fingerprint density at radius 2 is 1.94 bits per heavy atom. The number of nitrogens with zero attached hydrogens (tertiary/aromatic N) is 2. The minimum Gasteiger partial charge on any atom is -0.317 e. The number of unbranched alkanes of at least 4 members (excludes halogenated alkanes) is 2. The molecule has 0 aromatic carbocycles. The van der Waals surface area contributed by atoms with Crippen molar-refractivity contribution in [3.05, 3.63) is 0 Å². The summed E-state index contributed by atoms with van der Waals surface area (Å²) in [6.07, 6.45) is 6.70. The third kappa shape index (κ3) is 6.17. The smallest absolute Gasteiger partial charge is 0.0220 e. The Labute approximate surface area is 114 Å². The minimum atomic E-state index is 0.784. The fraction of sp³-hybridized carbons (Fsp3) is 1.00. The number of nitrogens with one attached hydrogen (secondary N) is 1. The van der Waals surface area contributed by atoms with Gasteiger partial charge in [0.2, 0.25) is 0 Å². The summed E-state index contributed by atoms with van der Waals surface area (Å²) in [5, 5.41) is 3.40. The van der Waals surface area contributed by atoms with Gasteiger partial charge in [0.1, 0.15) is 0 Å². The lowest BCUT2D eigenvalue weighted by Crippen LogP contribution is -2.40. The molecule has 1 rings (SSSR count). The van der Waals surface area contributed by atoms with E-state index in [4.69, 9.17) is 0 Å². The van der Waals surface area contributed by atoms with Crippen molar-refractivity contribution in [2.45, 2.75) is 52.0 Å². The molecule has 0 aromatic rings. The second-order valence-corrected chi connectivity index (χ2v) is 5.63. The fourth-order valence-corrected chi connectivity index (χ4v) is 2.89. The van der Waals surface area contributed by atoms with E-state index in [9.17, 15) is 0 Å². The van der Waals surface area contributed by atoms with E-state index in [1.165, 1.54) is 64.8 Å². The van der Waals surface area contributed by atoms with Gasteiger partial charge in [-0.25, -0.2) is 0 Å². The first-order valence-electron chi connectivity index (χ1n) is 7.91. The molecule has 1 aliphatic rings. The zero-order valence-electron chi connectivity index (χ0n) is 12.7.